The summed E-state index contributed by atoms with van der Waals surface area (Å²) in [5.74, 6) is 1.09. The first-order valence-corrected chi connectivity index (χ1v) is 11.7. The number of thiophene rings is 1. The number of rotatable bonds is 6. The highest BCUT2D eigenvalue weighted by Crippen LogP contribution is 2.32. The molecular weight excluding hydrogens is 384 g/mol. The number of benzene rings is 1. The van der Waals surface area contributed by atoms with E-state index in [1.165, 1.54) is 4.88 Å². The molecule has 1 unspecified atom stereocenters. The fourth-order valence-corrected chi connectivity index (χ4v) is 5.44. The quantitative estimate of drug-likeness (QED) is 0.796. The van der Waals surface area contributed by atoms with Gasteiger partial charge in [0.1, 0.15) is 0 Å². The average Bonchev–Trinajstić information content (AvgIpc) is 3.33. The van der Waals surface area contributed by atoms with E-state index in [1.807, 2.05) is 11.4 Å². The molecule has 0 spiro atoms. The van der Waals surface area contributed by atoms with E-state index in [-0.39, 0.29) is 10.9 Å². The van der Waals surface area contributed by atoms with Gasteiger partial charge in [0.15, 0.2) is 11.5 Å². The van der Waals surface area contributed by atoms with Crippen molar-refractivity contribution in [1.29, 1.82) is 0 Å². The van der Waals surface area contributed by atoms with Gasteiger partial charge >= 0.3 is 0 Å². The van der Waals surface area contributed by atoms with Crippen LogP contribution in [-0.4, -0.2) is 46.2 Å². The minimum absolute atomic E-state index is 0.0719. The van der Waals surface area contributed by atoms with Crippen LogP contribution in [0.1, 0.15) is 30.2 Å². The van der Waals surface area contributed by atoms with Crippen LogP contribution in [0.15, 0.2) is 40.6 Å². The Morgan fingerprint density at radius 2 is 1.85 bits per heavy atom. The van der Waals surface area contributed by atoms with Crippen LogP contribution in [0.5, 0.6) is 11.5 Å². The molecule has 1 aromatic heterocycles. The predicted octanol–water partition coefficient (Wildman–Crippen LogP) is 3.02. The Morgan fingerprint density at radius 1 is 1.07 bits per heavy atom. The lowest BCUT2D eigenvalue weighted by molar-refractivity contribution is 0.250. The van der Waals surface area contributed by atoms with Crippen LogP contribution in [0.3, 0.4) is 0 Å². The van der Waals surface area contributed by atoms with Gasteiger partial charge in [0, 0.05) is 23.9 Å². The fraction of sp³-hybridized carbons (Fsp3) is 0.474. The lowest BCUT2D eigenvalue weighted by atomic mass is 10.2. The Hall–Kier alpha value is -1.61. The Bertz CT molecular complexity index is 862. The molecule has 1 atom stereocenters. The first-order valence-electron chi connectivity index (χ1n) is 9.30. The Balaban J connectivity index is 1.51. The third-order valence-electron chi connectivity index (χ3n) is 4.95. The number of hydrogen-bond acceptors (Lipinski definition) is 6. The van der Waals surface area contributed by atoms with E-state index in [4.69, 9.17) is 9.47 Å². The smallest absolute Gasteiger partial charge is 0.240 e. The molecular formula is C19H24N2O4S2. The SMILES string of the molecule is O=S(=O)(NCC(c1cccs1)N1CCCC1)c1ccc2c(c1)OCCCO2. The van der Waals surface area contributed by atoms with Crippen LogP contribution in [0, 0.1) is 0 Å². The maximum Gasteiger partial charge on any atom is 0.240 e. The van der Waals surface area contributed by atoms with Crippen molar-refractivity contribution in [1.82, 2.24) is 9.62 Å². The third-order valence-corrected chi connectivity index (χ3v) is 7.34. The summed E-state index contributed by atoms with van der Waals surface area (Å²) >= 11 is 1.67. The minimum atomic E-state index is -3.63. The molecule has 1 fully saturated rings. The highest BCUT2D eigenvalue weighted by atomic mass is 32.2. The summed E-state index contributed by atoms with van der Waals surface area (Å²) in [7, 11) is -3.63. The lowest BCUT2D eigenvalue weighted by Gasteiger charge is -2.26. The Kier molecular flexibility index (Phi) is 5.68. The summed E-state index contributed by atoms with van der Waals surface area (Å²) in [4.78, 5) is 3.76. The van der Waals surface area contributed by atoms with Gasteiger partial charge in [0.05, 0.1) is 24.2 Å². The van der Waals surface area contributed by atoms with Gasteiger partial charge in [-0.25, -0.2) is 13.1 Å². The summed E-state index contributed by atoms with van der Waals surface area (Å²) in [5.41, 5.74) is 0. The second kappa shape index (κ2) is 8.18. The molecule has 0 bridgehead atoms. The molecule has 0 amide bonds. The highest BCUT2D eigenvalue weighted by Gasteiger charge is 2.27. The largest absolute Gasteiger partial charge is 0.490 e. The van der Waals surface area contributed by atoms with Crippen LogP contribution in [0.25, 0.3) is 0 Å². The molecule has 8 heteroatoms. The van der Waals surface area contributed by atoms with Crippen molar-refractivity contribution in [2.24, 2.45) is 0 Å². The molecule has 0 radical (unpaired) electrons. The van der Waals surface area contributed by atoms with Gasteiger partial charge in [-0.05, 0) is 49.5 Å². The van der Waals surface area contributed by atoms with Crippen molar-refractivity contribution in [3.63, 3.8) is 0 Å². The zero-order chi connectivity index (χ0) is 18.7. The van der Waals surface area contributed by atoms with Crippen LogP contribution in [0.2, 0.25) is 0 Å². The van der Waals surface area contributed by atoms with Gasteiger partial charge < -0.3 is 9.47 Å². The number of likely N-dealkylation sites (tertiary alicyclic amines) is 1. The number of sulfonamides is 1. The maximum absolute atomic E-state index is 12.9. The van der Waals surface area contributed by atoms with Crippen LogP contribution >= 0.6 is 11.3 Å². The highest BCUT2D eigenvalue weighted by molar-refractivity contribution is 7.89. The van der Waals surface area contributed by atoms with Gasteiger partial charge in [0.25, 0.3) is 0 Å². The van der Waals surface area contributed by atoms with Crippen molar-refractivity contribution >= 4 is 21.4 Å². The minimum Gasteiger partial charge on any atom is -0.490 e. The van der Waals surface area contributed by atoms with Crippen molar-refractivity contribution in [2.45, 2.75) is 30.2 Å². The van der Waals surface area contributed by atoms with Crippen molar-refractivity contribution in [3.8, 4) is 11.5 Å². The molecule has 2 aliphatic rings. The summed E-state index contributed by atoms with van der Waals surface area (Å²) in [6.07, 6.45) is 3.11. The van der Waals surface area contributed by atoms with Gasteiger partial charge in [-0.1, -0.05) is 6.07 Å². The van der Waals surface area contributed by atoms with Crippen LogP contribution < -0.4 is 14.2 Å². The number of ether oxygens (including phenoxy) is 2. The standard InChI is InChI=1S/C19H24N2O4S2/c22-27(23,15-6-7-17-18(13-15)25-11-4-10-24-17)20-14-16(19-5-3-12-26-19)21-8-1-2-9-21/h3,5-7,12-13,16,20H,1-2,4,8-11,14H2. The first kappa shape index (κ1) is 18.7. The summed E-state index contributed by atoms with van der Waals surface area (Å²) < 4.78 is 39.8. The summed E-state index contributed by atoms with van der Waals surface area (Å²) in [6.45, 7) is 3.48. The molecule has 1 N–H and O–H groups in total. The molecule has 4 rings (SSSR count). The molecule has 1 aromatic carbocycles. The number of hydrogen-bond donors (Lipinski definition) is 1. The maximum atomic E-state index is 12.9. The van der Waals surface area contributed by atoms with E-state index in [1.54, 1.807) is 29.5 Å². The van der Waals surface area contributed by atoms with Crippen molar-refractivity contribution in [2.75, 3.05) is 32.8 Å². The molecule has 3 heterocycles. The van der Waals surface area contributed by atoms with E-state index >= 15 is 0 Å². The average molecular weight is 409 g/mol. The van der Waals surface area contributed by atoms with Crippen molar-refractivity contribution < 1.29 is 17.9 Å². The van der Waals surface area contributed by atoms with E-state index in [0.717, 1.165) is 32.4 Å². The van der Waals surface area contributed by atoms with E-state index in [2.05, 4.69) is 15.7 Å². The lowest BCUT2D eigenvalue weighted by Crippen LogP contribution is -2.36. The fourth-order valence-electron chi connectivity index (χ4n) is 3.53. The molecule has 27 heavy (non-hydrogen) atoms. The number of fused-ring (bicyclic) bond motifs is 1. The van der Waals surface area contributed by atoms with Gasteiger partial charge in [0.2, 0.25) is 10.0 Å². The summed E-state index contributed by atoms with van der Waals surface area (Å²) in [5, 5.41) is 2.04. The molecule has 2 aromatic rings. The number of nitrogens with one attached hydrogen (secondary N) is 1. The van der Waals surface area contributed by atoms with E-state index in [9.17, 15) is 8.42 Å². The summed E-state index contributed by atoms with van der Waals surface area (Å²) in [6, 6.07) is 8.97. The molecule has 0 aliphatic carbocycles. The second-order valence-corrected chi connectivity index (χ2v) is 9.53. The number of nitrogens with zero attached hydrogens (tertiary/aromatic N) is 1. The third kappa shape index (κ3) is 4.29. The van der Waals surface area contributed by atoms with Crippen LogP contribution in [0.4, 0.5) is 0 Å². The van der Waals surface area contributed by atoms with Gasteiger partial charge in [-0.2, -0.15) is 0 Å². The Labute approximate surface area is 164 Å². The molecule has 146 valence electrons. The normalized spacial score (nSPS) is 19.0. The molecule has 0 saturated carbocycles. The topological polar surface area (TPSA) is 67.9 Å². The van der Waals surface area contributed by atoms with E-state index in [0.29, 0.717) is 31.3 Å². The second-order valence-electron chi connectivity index (χ2n) is 6.79. The predicted molar refractivity (Wildman–Crippen MR) is 105 cm³/mol. The van der Waals surface area contributed by atoms with Gasteiger partial charge in [-0.3, -0.25) is 4.90 Å². The molecule has 2 aliphatic heterocycles. The van der Waals surface area contributed by atoms with Crippen LogP contribution in [-0.2, 0) is 10.0 Å². The first-order chi connectivity index (χ1) is 13.1. The van der Waals surface area contributed by atoms with E-state index < -0.39 is 10.0 Å². The zero-order valence-corrected chi connectivity index (χ0v) is 16.7. The monoisotopic (exact) mass is 408 g/mol. The Morgan fingerprint density at radius 3 is 2.59 bits per heavy atom. The van der Waals surface area contributed by atoms with Crippen molar-refractivity contribution in [3.05, 3.63) is 40.6 Å². The molecule has 1 saturated heterocycles. The molecule has 6 nitrogen and oxygen atoms in total. The van der Waals surface area contributed by atoms with Gasteiger partial charge in [-0.15, -0.1) is 11.3 Å². The zero-order valence-electron chi connectivity index (χ0n) is 15.1.